The molecule has 0 atom stereocenters. The number of hydrogen-bond acceptors (Lipinski definition) is 7. The monoisotopic (exact) mass is 482 g/mol. The van der Waals surface area contributed by atoms with Crippen LogP contribution in [0.3, 0.4) is 0 Å². The van der Waals surface area contributed by atoms with Gasteiger partial charge in [0.1, 0.15) is 17.6 Å². The van der Waals surface area contributed by atoms with Gasteiger partial charge in [0, 0.05) is 24.3 Å². The van der Waals surface area contributed by atoms with Crippen molar-refractivity contribution >= 4 is 33.0 Å². The number of amides is 2. The Kier molecular flexibility index (Phi) is 6.04. The van der Waals surface area contributed by atoms with Gasteiger partial charge in [0.25, 0.3) is 11.8 Å². The highest BCUT2D eigenvalue weighted by Crippen LogP contribution is 2.25. The Labute approximate surface area is 194 Å². The number of nitrogens with one attached hydrogen (secondary N) is 1. The van der Waals surface area contributed by atoms with E-state index in [1.165, 1.54) is 29.3 Å². The molecule has 2 amide bonds. The molecule has 0 saturated carbocycles. The van der Waals surface area contributed by atoms with Crippen molar-refractivity contribution in [2.45, 2.75) is 0 Å². The molecule has 12 heteroatoms. The lowest BCUT2D eigenvalue weighted by atomic mass is 10.1. The van der Waals surface area contributed by atoms with Crippen LogP contribution in [0.4, 0.5) is 15.8 Å². The number of halogens is 1. The van der Waals surface area contributed by atoms with Gasteiger partial charge in [0.15, 0.2) is 15.5 Å². The molecular weight excluding hydrogens is 463 g/mol. The van der Waals surface area contributed by atoms with Gasteiger partial charge >= 0.3 is 0 Å². The van der Waals surface area contributed by atoms with Gasteiger partial charge in [-0.2, -0.15) is 10.4 Å². The van der Waals surface area contributed by atoms with Crippen molar-refractivity contribution < 1.29 is 22.4 Å². The van der Waals surface area contributed by atoms with Gasteiger partial charge in [0.05, 0.1) is 29.0 Å². The molecule has 10 nitrogen and oxygen atoms in total. The van der Waals surface area contributed by atoms with Crippen LogP contribution in [-0.2, 0) is 9.84 Å². The van der Waals surface area contributed by atoms with Crippen LogP contribution in [0.25, 0.3) is 5.69 Å². The van der Waals surface area contributed by atoms with E-state index in [4.69, 9.17) is 5.73 Å². The van der Waals surface area contributed by atoms with E-state index in [9.17, 15) is 27.7 Å². The molecule has 0 unspecified atom stereocenters. The number of nitrogens with two attached hydrogens (primary N) is 1. The van der Waals surface area contributed by atoms with Crippen LogP contribution >= 0.6 is 0 Å². The Balaban J connectivity index is 1.57. The van der Waals surface area contributed by atoms with E-state index in [1.807, 2.05) is 6.07 Å². The number of carbonyl (C=O) groups is 2. The van der Waals surface area contributed by atoms with Crippen LogP contribution in [-0.4, -0.2) is 59.5 Å². The first-order chi connectivity index (χ1) is 16.2. The molecule has 0 bridgehead atoms. The van der Waals surface area contributed by atoms with Gasteiger partial charge in [-0.3, -0.25) is 9.59 Å². The predicted octanol–water partition coefficient (Wildman–Crippen LogP) is 1.60. The molecule has 0 aliphatic carbocycles. The zero-order valence-corrected chi connectivity index (χ0v) is 18.5. The van der Waals surface area contributed by atoms with Crippen molar-refractivity contribution in [3.05, 3.63) is 71.3 Å². The van der Waals surface area contributed by atoms with Crippen LogP contribution in [0, 0.1) is 17.1 Å². The number of carbonyl (C=O) groups excluding carboxylic acids is 2. The maximum absolute atomic E-state index is 14.4. The van der Waals surface area contributed by atoms with Crippen molar-refractivity contribution in [2.75, 3.05) is 29.9 Å². The Morgan fingerprint density at radius 3 is 2.41 bits per heavy atom. The van der Waals surface area contributed by atoms with Gasteiger partial charge < -0.3 is 16.0 Å². The molecule has 0 radical (unpaired) electrons. The molecule has 1 saturated heterocycles. The first-order valence-corrected chi connectivity index (χ1v) is 12.0. The third-order valence-electron chi connectivity index (χ3n) is 5.33. The molecule has 1 aliphatic heterocycles. The number of aromatic nitrogens is 2. The fourth-order valence-corrected chi connectivity index (χ4v) is 4.75. The molecule has 2 heterocycles. The van der Waals surface area contributed by atoms with Crippen LogP contribution < -0.4 is 11.1 Å². The molecular formula is C22H19FN6O4S. The number of nitriles is 1. The first kappa shape index (κ1) is 22.9. The molecule has 1 fully saturated rings. The van der Waals surface area contributed by atoms with E-state index in [2.05, 4.69) is 10.4 Å². The normalized spacial score (nSPS) is 14.9. The average Bonchev–Trinajstić information content (AvgIpc) is 3.22. The van der Waals surface area contributed by atoms with Crippen molar-refractivity contribution in [3.8, 4) is 11.8 Å². The summed E-state index contributed by atoms with van der Waals surface area (Å²) < 4.78 is 38.6. The van der Waals surface area contributed by atoms with Crippen LogP contribution in [0.5, 0.6) is 0 Å². The number of nitrogens with zero attached hydrogens (tertiary/aromatic N) is 4. The Bertz CT molecular complexity index is 1410. The van der Waals surface area contributed by atoms with E-state index < -0.39 is 21.6 Å². The Morgan fingerprint density at radius 1 is 1.12 bits per heavy atom. The van der Waals surface area contributed by atoms with Crippen LogP contribution in [0.15, 0.2) is 48.7 Å². The molecule has 2 aromatic carbocycles. The summed E-state index contributed by atoms with van der Waals surface area (Å²) >= 11 is 0. The highest BCUT2D eigenvalue weighted by Gasteiger charge is 2.26. The number of rotatable bonds is 5. The number of anilines is 2. The number of benzene rings is 2. The fraction of sp³-hybridized carbons (Fsp3) is 0.182. The fourth-order valence-electron chi connectivity index (χ4n) is 3.55. The highest BCUT2D eigenvalue weighted by molar-refractivity contribution is 7.91. The van der Waals surface area contributed by atoms with E-state index in [1.54, 1.807) is 24.3 Å². The lowest BCUT2D eigenvalue weighted by Crippen LogP contribution is -2.43. The van der Waals surface area contributed by atoms with Gasteiger partial charge in [-0.1, -0.05) is 6.07 Å². The van der Waals surface area contributed by atoms with Crippen molar-refractivity contribution in [2.24, 2.45) is 5.73 Å². The van der Waals surface area contributed by atoms with Gasteiger partial charge in [-0.15, -0.1) is 0 Å². The summed E-state index contributed by atoms with van der Waals surface area (Å²) in [6.45, 7) is 0.284. The third kappa shape index (κ3) is 4.60. The summed E-state index contributed by atoms with van der Waals surface area (Å²) in [5.74, 6) is -1.96. The largest absolute Gasteiger partial charge is 0.364 e. The predicted molar refractivity (Wildman–Crippen MR) is 121 cm³/mol. The minimum Gasteiger partial charge on any atom is -0.364 e. The smallest absolute Gasteiger partial charge is 0.271 e. The van der Waals surface area contributed by atoms with E-state index in [0.29, 0.717) is 11.3 Å². The molecule has 4 rings (SSSR count). The first-order valence-electron chi connectivity index (χ1n) is 10.1. The van der Waals surface area contributed by atoms with E-state index in [-0.39, 0.29) is 53.1 Å². The molecule has 0 spiro atoms. The maximum atomic E-state index is 14.4. The summed E-state index contributed by atoms with van der Waals surface area (Å²) in [6.07, 6.45) is 1.34. The second kappa shape index (κ2) is 8.95. The van der Waals surface area contributed by atoms with Gasteiger partial charge in [-0.25, -0.2) is 17.5 Å². The van der Waals surface area contributed by atoms with Crippen molar-refractivity contribution in [3.63, 3.8) is 0 Å². The van der Waals surface area contributed by atoms with Crippen molar-refractivity contribution in [1.29, 1.82) is 5.26 Å². The number of hydrogen-bond donors (Lipinski definition) is 2. The molecule has 174 valence electrons. The Hall–Kier alpha value is -4.24. The third-order valence-corrected chi connectivity index (χ3v) is 6.94. The van der Waals surface area contributed by atoms with Gasteiger partial charge in [0.2, 0.25) is 0 Å². The number of para-hydroxylation sites is 1. The van der Waals surface area contributed by atoms with Crippen molar-refractivity contribution in [1.82, 2.24) is 14.7 Å². The lowest BCUT2D eigenvalue weighted by Gasteiger charge is -2.26. The number of primary amides is 1. The summed E-state index contributed by atoms with van der Waals surface area (Å²) in [4.78, 5) is 26.1. The highest BCUT2D eigenvalue weighted by atomic mass is 32.2. The quantitative estimate of drug-likeness (QED) is 0.560. The topological polar surface area (TPSA) is 151 Å². The lowest BCUT2D eigenvalue weighted by molar-refractivity contribution is 0.0770. The zero-order valence-electron chi connectivity index (χ0n) is 17.7. The van der Waals surface area contributed by atoms with Gasteiger partial charge in [-0.05, 0) is 36.4 Å². The van der Waals surface area contributed by atoms with E-state index >= 15 is 0 Å². The minimum absolute atomic E-state index is 0.0263. The van der Waals surface area contributed by atoms with E-state index in [0.717, 1.165) is 4.68 Å². The molecule has 3 aromatic rings. The summed E-state index contributed by atoms with van der Waals surface area (Å²) in [5, 5.41) is 16.3. The summed E-state index contributed by atoms with van der Waals surface area (Å²) in [5.41, 5.74) is 6.22. The second-order valence-corrected chi connectivity index (χ2v) is 9.90. The Morgan fingerprint density at radius 2 is 1.79 bits per heavy atom. The molecule has 1 aromatic heterocycles. The summed E-state index contributed by atoms with van der Waals surface area (Å²) in [7, 11) is -3.10. The zero-order chi connectivity index (χ0) is 24.5. The molecule has 3 N–H and O–H groups in total. The second-order valence-electron chi connectivity index (χ2n) is 7.59. The van der Waals surface area contributed by atoms with Crippen LogP contribution in [0.2, 0.25) is 0 Å². The van der Waals surface area contributed by atoms with Crippen LogP contribution in [0.1, 0.15) is 26.4 Å². The number of sulfone groups is 1. The SMILES string of the molecule is N#Cc1cccc(F)c1-n1cc(Nc2ccc(C(=O)N3CCS(=O)(=O)CC3)cc2)c(C(N)=O)n1. The molecule has 34 heavy (non-hydrogen) atoms. The summed E-state index contributed by atoms with van der Waals surface area (Å²) in [6, 6.07) is 12.2. The molecule has 1 aliphatic rings. The average molecular weight is 482 g/mol. The standard InChI is InChI=1S/C22H19FN6O4S/c23-17-3-1-2-15(12-24)20(17)29-13-18(19(27-29)21(25)30)26-16-6-4-14(5-7-16)22(31)28-8-10-34(32,33)11-9-28/h1-7,13,26H,8-11H2,(H2,25,30). The minimum atomic E-state index is -3.10. The maximum Gasteiger partial charge on any atom is 0.271 e.